The van der Waals surface area contributed by atoms with Crippen molar-refractivity contribution in [1.82, 2.24) is 0 Å². The average molecular weight is 217 g/mol. The van der Waals surface area contributed by atoms with Crippen LogP contribution in [0, 0.1) is 0 Å². The summed E-state index contributed by atoms with van der Waals surface area (Å²) >= 11 is 5.92. The highest BCUT2D eigenvalue weighted by atomic mass is 35.5. The molecule has 0 aliphatic heterocycles. The highest BCUT2D eigenvalue weighted by molar-refractivity contribution is 6.30. The molecule has 0 aromatic heterocycles. The van der Waals surface area contributed by atoms with Crippen molar-refractivity contribution in [3.05, 3.63) is 58.6 Å². The van der Waals surface area contributed by atoms with Crippen LogP contribution in [0.15, 0.2) is 42.5 Å². The molecule has 1 atom stereocenters. The lowest BCUT2D eigenvalue weighted by Crippen LogP contribution is -1.92. The summed E-state index contributed by atoms with van der Waals surface area (Å²) in [4.78, 5) is 0. The molecule has 2 aromatic carbocycles. The van der Waals surface area contributed by atoms with Gasteiger partial charge < -0.3 is 5.11 Å². The Morgan fingerprint density at radius 1 is 0.933 bits per heavy atom. The number of aliphatic hydroxyl groups is 1. The molecule has 0 unspecified atom stereocenters. The maximum atomic E-state index is 10.1. The predicted molar refractivity (Wildman–Crippen MR) is 60.9 cm³/mol. The van der Waals surface area contributed by atoms with Gasteiger partial charge >= 0.3 is 0 Å². The minimum absolute atomic E-state index is 0.533. The van der Waals surface area contributed by atoms with Crippen LogP contribution in [0.25, 0.3) is 11.1 Å². The number of hydrogen-bond donors (Lipinski definition) is 1. The minimum atomic E-state index is -0.533. The lowest BCUT2D eigenvalue weighted by molar-refractivity contribution is 0.225. The molecular weight excluding hydrogens is 208 g/mol. The van der Waals surface area contributed by atoms with E-state index in [1.54, 1.807) is 0 Å². The second-order valence-electron chi connectivity index (χ2n) is 3.72. The Kier molecular flexibility index (Phi) is 1.84. The van der Waals surface area contributed by atoms with Gasteiger partial charge in [-0.2, -0.15) is 0 Å². The van der Waals surface area contributed by atoms with E-state index in [2.05, 4.69) is 0 Å². The molecule has 74 valence electrons. The van der Waals surface area contributed by atoms with Crippen molar-refractivity contribution in [2.45, 2.75) is 6.10 Å². The van der Waals surface area contributed by atoms with E-state index in [1.165, 1.54) is 0 Å². The minimum Gasteiger partial charge on any atom is -0.384 e. The summed E-state index contributed by atoms with van der Waals surface area (Å²) in [5, 5.41) is 10.8. The molecular formula is C13H9ClO. The molecule has 2 aromatic rings. The van der Waals surface area contributed by atoms with Gasteiger partial charge in [0.15, 0.2) is 0 Å². The molecule has 0 amide bonds. The largest absolute Gasteiger partial charge is 0.384 e. The van der Waals surface area contributed by atoms with Crippen LogP contribution in [0.3, 0.4) is 0 Å². The third-order valence-electron chi connectivity index (χ3n) is 2.85. The molecule has 1 aliphatic carbocycles. The average Bonchev–Trinajstić information content (AvgIpc) is 2.54. The van der Waals surface area contributed by atoms with Crippen LogP contribution in [0.1, 0.15) is 17.2 Å². The van der Waals surface area contributed by atoms with Crippen molar-refractivity contribution in [1.29, 1.82) is 0 Å². The van der Waals surface area contributed by atoms with Crippen LogP contribution in [-0.4, -0.2) is 5.11 Å². The molecule has 2 heteroatoms. The predicted octanol–water partition coefficient (Wildman–Crippen LogP) is 3.40. The molecule has 0 saturated carbocycles. The third kappa shape index (κ3) is 1.21. The maximum Gasteiger partial charge on any atom is 0.105 e. The third-order valence-corrected chi connectivity index (χ3v) is 3.09. The van der Waals surface area contributed by atoms with Gasteiger partial charge in [0.25, 0.3) is 0 Å². The van der Waals surface area contributed by atoms with Gasteiger partial charge in [-0.25, -0.2) is 0 Å². The Balaban J connectivity index is 2.32. The van der Waals surface area contributed by atoms with E-state index in [-0.39, 0.29) is 0 Å². The molecule has 0 heterocycles. The second-order valence-corrected chi connectivity index (χ2v) is 4.16. The summed E-state index contributed by atoms with van der Waals surface area (Å²) in [5.74, 6) is 0. The summed E-state index contributed by atoms with van der Waals surface area (Å²) < 4.78 is 0. The molecule has 0 bridgehead atoms. The summed E-state index contributed by atoms with van der Waals surface area (Å²) in [6, 6.07) is 13.6. The first-order valence-corrected chi connectivity index (χ1v) is 5.22. The fourth-order valence-corrected chi connectivity index (χ4v) is 2.33. The van der Waals surface area contributed by atoms with E-state index in [4.69, 9.17) is 11.6 Å². The molecule has 0 radical (unpaired) electrons. The zero-order valence-electron chi connectivity index (χ0n) is 7.94. The fourth-order valence-electron chi connectivity index (χ4n) is 2.15. The zero-order valence-corrected chi connectivity index (χ0v) is 8.70. The van der Waals surface area contributed by atoms with Crippen LogP contribution >= 0.6 is 11.6 Å². The first-order valence-electron chi connectivity index (χ1n) is 4.84. The topological polar surface area (TPSA) is 20.2 Å². The molecule has 1 N–H and O–H groups in total. The smallest absolute Gasteiger partial charge is 0.105 e. The second kappa shape index (κ2) is 3.09. The Morgan fingerprint density at radius 3 is 2.53 bits per heavy atom. The van der Waals surface area contributed by atoms with Crippen LogP contribution in [0.4, 0.5) is 0 Å². The van der Waals surface area contributed by atoms with Gasteiger partial charge in [-0.15, -0.1) is 0 Å². The van der Waals surface area contributed by atoms with E-state index < -0.39 is 6.10 Å². The molecule has 15 heavy (non-hydrogen) atoms. The van der Waals surface area contributed by atoms with Crippen LogP contribution in [0.5, 0.6) is 0 Å². The summed E-state index contributed by atoms with van der Waals surface area (Å²) in [6.07, 6.45) is -0.533. The van der Waals surface area contributed by atoms with Crippen molar-refractivity contribution in [3.8, 4) is 11.1 Å². The molecule has 3 rings (SSSR count). The number of halogens is 1. The van der Waals surface area contributed by atoms with Crippen LogP contribution in [-0.2, 0) is 0 Å². The molecule has 0 saturated heterocycles. The van der Waals surface area contributed by atoms with Gasteiger partial charge in [0.2, 0.25) is 0 Å². The lowest BCUT2D eigenvalue weighted by atomic mass is 10.1. The highest BCUT2D eigenvalue weighted by Gasteiger charge is 2.26. The zero-order chi connectivity index (χ0) is 10.4. The van der Waals surface area contributed by atoms with Gasteiger partial charge in [-0.1, -0.05) is 41.9 Å². The van der Waals surface area contributed by atoms with Gasteiger partial charge in [0.1, 0.15) is 6.10 Å². The molecule has 1 nitrogen and oxygen atoms in total. The number of aliphatic hydroxyl groups excluding tert-OH is 1. The number of hydrogen-bond acceptors (Lipinski definition) is 1. The van der Waals surface area contributed by atoms with E-state index in [1.807, 2.05) is 42.5 Å². The van der Waals surface area contributed by atoms with E-state index >= 15 is 0 Å². The first-order chi connectivity index (χ1) is 7.27. The van der Waals surface area contributed by atoms with Crippen molar-refractivity contribution in [2.75, 3.05) is 0 Å². The van der Waals surface area contributed by atoms with Crippen molar-refractivity contribution < 1.29 is 5.11 Å². The molecule has 1 aliphatic rings. The summed E-state index contributed by atoms with van der Waals surface area (Å²) in [5.41, 5.74) is 4.07. The van der Waals surface area contributed by atoms with Crippen molar-refractivity contribution in [2.24, 2.45) is 0 Å². The lowest BCUT2D eigenvalue weighted by Gasteiger charge is -2.04. The monoisotopic (exact) mass is 216 g/mol. The normalized spacial score (nSPS) is 17.3. The van der Waals surface area contributed by atoms with Gasteiger partial charge in [-0.05, 0) is 34.4 Å². The quantitative estimate of drug-likeness (QED) is 0.716. The maximum absolute atomic E-state index is 10.1. The van der Waals surface area contributed by atoms with Gasteiger partial charge in [0, 0.05) is 5.02 Å². The molecule has 0 spiro atoms. The van der Waals surface area contributed by atoms with Crippen molar-refractivity contribution >= 4 is 11.6 Å². The van der Waals surface area contributed by atoms with E-state index in [0.29, 0.717) is 5.02 Å². The van der Waals surface area contributed by atoms with E-state index in [9.17, 15) is 5.11 Å². The fraction of sp³-hybridized carbons (Fsp3) is 0.0769. The number of benzene rings is 2. The Bertz CT molecular complexity index is 534. The summed E-state index contributed by atoms with van der Waals surface area (Å²) in [7, 11) is 0. The number of fused-ring (bicyclic) bond motifs is 3. The Labute approximate surface area is 92.9 Å². The first kappa shape index (κ1) is 8.96. The molecule has 0 fully saturated rings. The Hall–Kier alpha value is -1.31. The van der Waals surface area contributed by atoms with Crippen LogP contribution in [0.2, 0.25) is 5.02 Å². The Morgan fingerprint density at radius 2 is 1.67 bits per heavy atom. The van der Waals surface area contributed by atoms with Crippen molar-refractivity contribution in [3.63, 3.8) is 0 Å². The van der Waals surface area contributed by atoms with Gasteiger partial charge in [-0.3, -0.25) is 0 Å². The standard InChI is InChI=1S/C13H9ClO/c14-8-5-6-10-9-3-1-2-4-11(9)13(15)12(10)7-8/h1-7,13,15H/t13-/m1/s1. The SMILES string of the molecule is O[C@@H]1c2ccccc2-c2ccc(Cl)cc21. The number of rotatable bonds is 0. The van der Waals surface area contributed by atoms with E-state index in [0.717, 1.165) is 22.3 Å². The van der Waals surface area contributed by atoms with Crippen LogP contribution < -0.4 is 0 Å². The van der Waals surface area contributed by atoms with Gasteiger partial charge in [0.05, 0.1) is 0 Å². The summed E-state index contributed by atoms with van der Waals surface area (Å²) in [6.45, 7) is 0. The highest BCUT2D eigenvalue weighted by Crippen LogP contribution is 2.43.